The minimum Gasteiger partial charge on any atom is -0.342 e. The molecule has 0 bridgehead atoms. The molecule has 0 aliphatic carbocycles. The minimum atomic E-state index is 0.951. The number of piperazine rings is 1. The quantitative estimate of drug-likeness (QED) is 0.937. The van der Waals surface area contributed by atoms with Crippen molar-refractivity contribution in [1.29, 1.82) is 0 Å². The first-order valence-corrected chi connectivity index (χ1v) is 7.82. The van der Waals surface area contributed by atoms with Crippen molar-refractivity contribution in [3.8, 4) is 11.4 Å². The molecule has 1 N–H and O–H groups in total. The van der Waals surface area contributed by atoms with Crippen molar-refractivity contribution in [3.63, 3.8) is 0 Å². The molecule has 3 rings (SSSR count). The van der Waals surface area contributed by atoms with E-state index in [-0.39, 0.29) is 0 Å². The highest BCUT2D eigenvalue weighted by atomic mass is 15.3. The van der Waals surface area contributed by atoms with E-state index < -0.39 is 0 Å². The summed E-state index contributed by atoms with van der Waals surface area (Å²) in [7, 11) is 0. The molecule has 1 saturated heterocycles. The molecule has 112 valence electrons. The van der Waals surface area contributed by atoms with Crippen LogP contribution in [0.4, 0.5) is 0 Å². The van der Waals surface area contributed by atoms with Crippen LogP contribution in [-0.4, -0.2) is 52.5 Å². The molecule has 0 amide bonds. The maximum absolute atomic E-state index is 4.80. The van der Waals surface area contributed by atoms with Gasteiger partial charge in [-0.2, -0.15) is 0 Å². The van der Waals surface area contributed by atoms with Crippen molar-refractivity contribution >= 4 is 0 Å². The van der Waals surface area contributed by atoms with E-state index >= 15 is 0 Å². The summed E-state index contributed by atoms with van der Waals surface area (Å²) in [5.74, 6) is 0.982. The first-order chi connectivity index (χ1) is 10.3. The molecular weight excluding hydrogens is 260 g/mol. The predicted molar refractivity (Wildman–Crippen MR) is 86.2 cm³/mol. The number of imidazole rings is 1. The fourth-order valence-corrected chi connectivity index (χ4v) is 2.86. The van der Waals surface area contributed by atoms with Gasteiger partial charge in [0.1, 0.15) is 5.82 Å². The van der Waals surface area contributed by atoms with E-state index in [0.29, 0.717) is 0 Å². The summed E-state index contributed by atoms with van der Waals surface area (Å²) < 4.78 is 0. The second-order valence-corrected chi connectivity index (χ2v) is 5.73. The van der Waals surface area contributed by atoms with Gasteiger partial charge in [0.05, 0.1) is 5.69 Å². The standard InChI is InChI=1S/C17H24N4/c1-3-20-9-11-21(12-10-20)13-16-14(2)18-17(19-16)15-7-5-4-6-8-15/h4-8H,3,9-13H2,1-2H3,(H,18,19). The lowest BCUT2D eigenvalue weighted by molar-refractivity contribution is 0.131. The Labute approximate surface area is 126 Å². The van der Waals surface area contributed by atoms with Gasteiger partial charge in [-0.1, -0.05) is 37.3 Å². The Morgan fingerprint density at radius 2 is 1.71 bits per heavy atom. The SMILES string of the molecule is CCN1CCN(Cc2nc(-c3ccccc3)[nH]c2C)CC1. The normalized spacial score (nSPS) is 17.2. The fraction of sp³-hybridized carbons (Fsp3) is 0.471. The Kier molecular flexibility index (Phi) is 4.36. The first kappa shape index (κ1) is 14.3. The second-order valence-electron chi connectivity index (χ2n) is 5.73. The molecule has 0 spiro atoms. The lowest BCUT2D eigenvalue weighted by atomic mass is 10.2. The van der Waals surface area contributed by atoms with Gasteiger partial charge in [-0.05, 0) is 13.5 Å². The molecule has 1 aliphatic heterocycles. The zero-order chi connectivity index (χ0) is 14.7. The van der Waals surface area contributed by atoms with Crippen LogP contribution in [0.2, 0.25) is 0 Å². The number of aromatic nitrogens is 2. The Balaban J connectivity index is 1.68. The Bertz CT molecular complexity index is 568. The van der Waals surface area contributed by atoms with Crippen molar-refractivity contribution in [2.45, 2.75) is 20.4 Å². The summed E-state index contributed by atoms with van der Waals surface area (Å²) in [6.45, 7) is 11.1. The van der Waals surface area contributed by atoms with Crippen LogP contribution in [-0.2, 0) is 6.54 Å². The minimum absolute atomic E-state index is 0.951. The van der Waals surface area contributed by atoms with Crippen LogP contribution in [0.5, 0.6) is 0 Å². The highest BCUT2D eigenvalue weighted by molar-refractivity contribution is 5.55. The van der Waals surface area contributed by atoms with Crippen LogP contribution >= 0.6 is 0 Å². The van der Waals surface area contributed by atoms with Gasteiger partial charge in [0.15, 0.2) is 0 Å². The van der Waals surface area contributed by atoms with E-state index in [1.165, 1.54) is 24.5 Å². The van der Waals surface area contributed by atoms with E-state index in [1.807, 2.05) is 6.07 Å². The van der Waals surface area contributed by atoms with Gasteiger partial charge in [-0.3, -0.25) is 4.90 Å². The molecule has 0 unspecified atom stereocenters. The Morgan fingerprint density at radius 3 is 2.38 bits per heavy atom. The molecule has 1 aliphatic rings. The molecule has 4 nitrogen and oxygen atoms in total. The third-order valence-corrected chi connectivity index (χ3v) is 4.32. The third-order valence-electron chi connectivity index (χ3n) is 4.32. The number of H-pyrrole nitrogens is 1. The van der Waals surface area contributed by atoms with Gasteiger partial charge in [0, 0.05) is 44.0 Å². The number of likely N-dealkylation sites (N-methyl/N-ethyl adjacent to an activating group) is 1. The number of rotatable bonds is 4. The van der Waals surface area contributed by atoms with Crippen molar-refractivity contribution in [1.82, 2.24) is 19.8 Å². The molecule has 1 aromatic heterocycles. The molecule has 4 heteroatoms. The maximum atomic E-state index is 4.80. The van der Waals surface area contributed by atoms with Gasteiger partial charge in [-0.15, -0.1) is 0 Å². The third kappa shape index (κ3) is 3.34. The largest absolute Gasteiger partial charge is 0.342 e. The summed E-state index contributed by atoms with van der Waals surface area (Å²) in [4.78, 5) is 13.2. The molecular formula is C17H24N4. The summed E-state index contributed by atoms with van der Waals surface area (Å²) in [6.07, 6.45) is 0. The van der Waals surface area contributed by atoms with Gasteiger partial charge < -0.3 is 9.88 Å². The van der Waals surface area contributed by atoms with E-state index in [4.69, 9.17) is 4.98 Å². The number of nitrogens with one attached hydrogen (secondary N) is 1. The molecule has 2 aromatic rings. The maximum Gasteiger partial charge on any atom is 0.137 e. The van der Waals surface area contributed by atoms with Crippen molar-refractivity contribution in [3.05, 3.63) is 41.7 Å². The Hall–Kier alpha value is -1.65. The average Bonchev–Trinajstić information content (AvgIpc) is 2.90. The number of nitrogens with zero attached hydrogens (tertiary/aromatic N) is 3. The molecule has 0 saturated carbocycles. The summed E-state index contributed by atoms with van der Waals surface area (Å²) in [6, 6.07) is 10.3. The Morgan fingerprint density at radius 1 is 1.05 bits per heavy atom. The number of aryl methyl sites for hydroxylation is 1. The second kappa shape index (κ2) is 6.41. The highest BCUT2D eigenvalue weighted by Crippen LogP contribution is 2.19. The van der Waals surface area contributed by atoms with Crippen molar-refractivity contribution < 1.29 is 0 Å². The summed E-state index contributed by atoms with van der Waals surface area (Å²) >= 11 is 0. The van der Waals surface area contributed by atoms with E-state index in [2.05, 4.69) is 52.9 Å². The number of benzene rings is 1. The lowest BCUT2D eigenvalue weighted by Crippen LogP contribution is -2.45. The first-order valence-electron chi connectivity index (χ1n) is 7.82. The number of aromatic amines is 1. The summed E-state index contributed by atoms with van der Waals surface area (Å²) in [5, 5.41) is 0. The molecule has 21 heavy (non-hydrogen) atoms. The average molecular weight is 284 g/mol. The topological polar surface area (TPSA) is 35.2 Å². The molecule has 1 aromatic carbocycles. The van der Waals surface area contributed by atoms with Crippen molar-refractivity contribution in [2.24, 2.45) is 0 Å². The van der Waals surface area contributed by atoms with Crippen LogP contribution in [0.15, 0.2) is 30.3 Å². The van der Waals surface area contributed by atoms with Crippen LogP contribution < -0.4 is 0 Å². The van der Waals surface area contributed by atoms with E-state index in [1.54, 1.807) is 0 Å². The van der Waals surface area contributed by atoms with E-state index in [9.17, 15) is 0 Å². The van der Waals surface area contributed by atoms with Crippen LogP contribution in [0.25, 0.3) is 11.4 Å². The van der Waals surface area contributed by atoms with Crippen LogP contribution in [0.3, 0.4) is 0 Å². The predicted octanol–water partition coefficient (Wildman–Crippen LogP) is 2.52. The number of hydrogen-bond acceptors (Lipinski definition) is 3. The van der Waals surface area contributed by atoms with Crippen molar-refractivity contribution in [2.75, 3.05) is 32.7 Å². The fourth-order valence-electron chi connectivity index (χ4n) is 2.86. The van der Waals surface area contributed by atoms with Gasteiger partial charge in [-0.25, -0.2) is 4.98 Å². The summed E-state index contributed by atoms with van der Waals surface area (Å²) in [5.41, 5.74) is 3.52. The molecule has 0 radical (unpaired) electrons. The lowest BCUT2D eigenvalue weighted by Gasteiger charge is -2.33. The number of hydrogen-bond donors (Lipinski definition) is 1. The molecule has 0 atom stereocenters. The van der Waals surface area contributed by atoms with Gasteiger partial charge >= 0.3 is 0 Å². The van der Waals surface area contributed by atoms with E-state index in [0.717, 1.165) is 37.6 Å². The molecule has 1 fully saturated rings. The van der Waals surface area contributed by atoms with Gasteiger partial charge in [0.25, 0.3) is 0 Å². The monoisotopic (exact) mass is 284 g/mol. The van der Waals surface area contributed by atoms with Gasteiger partial charge in [0.2, 0.25) is 0 Å². The highest BCUT2D eigenvalue weighted by Gasteiger charge is 2.18. The zero-order valence-corrected chi connectivity index (χ0v) is 13.0. The van der Waals surface area contributed by atoms with Crippen LogP contribution in [0, 0.1) is 6.92 Å². The molecule has 2 heterocycles. The zero-order valence-electron chi connectivity index (χ0n) is 13.0. The smallest absolute Gasteiger partial charge is 0.137 e. The van der Waals surface area contributed by atoms with Crippen LogP contribution in [0.1, 0.15) is 18.3 Å².